The Hall–Kier alpha value is -2.29. The molecule has 0 aliphatic rings. The van der Waals surface area contributed by atoms with Gasteiger partial charge in [0.2, 0.25) is 5.88 Å². The number of hydrogen-bond acceptors (Lipinski definition) is 6. The molecule has 2 aromatic heterocycles. The number of fused-ring (bicyclic) bond motifs is 1. The lowest BCUT2D eigenvalue weighted by Gasteiger charge is -2.18. The van der Waals surface area contributed by atoms with Crippen LogP contribution in [0, 0.1) is 12.7 Å². The van der Waals surface area contributed by atoms with Crippen molar-refractivity contribution in [2.24, 2.45) is 0 Å². The topological polar surface area (TPSA) is 64.6 Å². The van der Waals surface area contributed by atoms with Crippen LogP contribution in [0.25, 0.3) is 10.2 Å². The molecule has 0 radical (unpaired) electrons. The summed E-state index contributed by atoms with van der Waals surface area (Å²) in [6.45, 7) is 2.10. The number of carbonyl (C=O) groups is 1. The molecular weight excluding hydrogens is 405 g/mol. The fraction of sp³-hybridized carbons (Fsp3) is 0.316. The van der Waals surface area contributed by atoms with Gasteiger partial charge in [0, 0.05) is 24.7 Å². The summed E-state index contributed by atoms with van der Waals surface area (Å²) in [6.07, 6.45) is 0. The third kappa shape index (κ3) is 3.80. The van der Waals surface area contributed by atoms with Gasteiger partial charge in [-0.05, 0) is 24.6 Å². The normalized spacial score (nSPS) is 11.1. The lowest BCUT2D eigenvalue weighted by atomic mass is 10.1. The average molecular weight is 424 g/mol. The summed E-state index contributed by atoms with van der Waals surface area (Å²) < 4.78 is 24.5. The van der Waals surface area contributed by atoms with Crippen LogP contribution in [0.5, 0.6) is 5.88 Å². The van der Waals surface area contributed by atoms with Gasteiger partial charge in [-0.15, -0.1) is 11.3 Å². The van der Waals surface area contributed by atoms with Crippen LogP contribution in [-0.4, -0.2) is 42.0 Å². The lowest BCUT2D eigenvalue weighted by Crippen LogP contribution is -2.26. The fourth-order valence-electron chi connectivity index (χ4n) is 2.86. The van der Waals surface area contributed by atoms with Crippen molar-refractivity contribution in [3.05, 3.63) is 50.9 Å². The van der Waals surface area contributed by atoms with Gasteiger partial charge in [-0.3, -0.25) is 4.79 Å². The molecule has 0 N–H and O–H groups in total. The molecule has 0 atom stereocenters. The number of aryl methyl sites for hydroxylation is 1. The van der Waals surface area contributed by atoms with E-state index >= 15 is 0 Å². The van der Waals surface area contributed by atoms with Crippen LogP contribution in [0.15, 0.2) is 18.2 Å². The van der Waals surface area contributed by atoms with Gasteiger partial charge in [0.1, 0.15) is 17.3 Å². The van der Waals surface area contributed by atoms with Crippen LogP contribution in [-0.2, 0) is 17.9 Å². The number of benzene rings is 1. The van der Waals surface area contributed by atoms with Crippen LogP contribution in [0.1, 0.15) is 26.6 Å². The van der Waals surface area contributed by atoms with Crippen molar-refractivity contribution < 1.29 is 18.7 Å². The maximum Gasteiger partial charge on any atom is 0.264 e. The smallest absolute Gasteiger partial charge is 0.264 e. The van der Waals surface area contributed by atoms with Crippen LogP contribution in [0.2, 0.25) is 5.02 Å². The molecule has 0 saturated heterocycles. The highest BCUT2D eigenvalue weighted by molar-refractivity contribution is 7.20. The second kappa shape index (κ2) is 8.38. The molecule has 0 aliphatic carbocycles. The van der Waals surface area contributed by atoms with E-state index in [0.717, 1.165) is 5.56 Å². The number of nitrogens with zero attached hydrogens (tertiary/aromatic N) is 3. The first-order chi connectivity index (χ1) is 13.4. The second-order valence-corrected chi connectivity index (χ2v) is 7.59. The van der Waals surface area contributed by atoms with E-state index in [2.05, 4.69) is 9.97 Å². The highest BCUT2D eigenvalue weighted by Crippen LogP contribution is 2.36. The summed E-state index contributed by atoms with van der Waals surface area (Å²) in [4.78, 5) is 24.4. The minimum absolute atomic E-state index is 0.0514. The van der Waals surface area contributed by atoms with Crippen molar-refractivity contribution in [3.8, 4) is 5.88 Å². The van der Waals surface area contributed by atoms with E-state index < -0.39 is 5.82 Å². The number of amides is 1. The monoisotopic (exact) mass is 423 g/mol. The molecule has 1 amide bonds. The number of methoxy groups -OCH3 is 2. The molecule has 3 rings (SSSR count). The number of ether oxygens (including phenoxy) is 2. The number of halogens is 2. The van der Waals surface area contributed by atoms with Gasteiger partial charge in [-0.25, -0.2) is 9.37 Å². The molecule has 0 saturated carbocycles. The lowest BCUT2D eigenvalue weighted by molar-refractivity contribution is 0.0788. The molecule has 0 spiro atoms. The highest BCUT2D eigenvalue weighted by Gasteiger charge is 2.24. The Morgan fingerprint density at radius 2 is 2.07 bits per heavy atom. The van der Waals surface area contributed by atoms with Crippen molar-refractivity contribution in [2.75, 3.05) is 21.3 Å². The standard InChI is InChI=1S/C19H19ClFN3O3S/c1-10-15-17(27-4)22-14(9-26-3)23-18(15)28-16(10)19(25)24(2)8-11-12(20)6-5-7-13(11)21/h5-7H,8-9H2,1-4H3. The molecule has 28 heavy (non-hydrogen) atoms. The van der Waals surface area contributed by atoms with Crippen molar-refractivity contribution in [1.82, 2.24) is 14.9 Å². The molecular formula is C19H19ClFN3O3S. The Kier molecular flexibility index (Phi) is 6.12. The van der Waals surface area contributed by atoms with E-state index in [0.29, 0.717) is 26.8 Å². The van der Waals surface area contributed by atoms with Crippen LogP contribution in [0.3, 0.4) is 0 Å². The first-order valence-corrected chi connectivity index (χ1v) is 9.58. The third-order valence-corrected chi connectivity index (χ3v) is 5.80. The minimum atomic E-state index is -0.447. The summed E-state index contributed by atoms with van der Waals surface area (Å²) in [5, 5.41) is 0.970. The molecule has 0 bridgehead atoms. The van der Waals surface area contributed by atoms with E-state index in [1.807, 2.05) is 6.92 Å². The van der Waals surface area contributed by atoms with E-state index in [1.165, 1.54) is 35.5 Å². The number of rotatable bonds is 6. The van der Waals surface area contributed by atoms with Gasteiger partial charge in [0.05, 0.1) is 23.9 Å². The van der Waals surface area contributed by atoms with Gasteiger partial charge in [-0.2, -0.15) is 4.98 Å². The van der Waals surface area contributed by atoms with Crippen LogP contribution < -0.4 is 4.74 Å². The van der Waals surface area contributed by atoms with Crippen LogP contribution >= 0.6 is 22.9 Å². The molecule has 0 fully saturated rings. The zero-order valence-electron chi connectivity index (χ0n) is 15.9. The van der Waals surface area contributed by atoms with Gasteiger partial charge >= 0.3 is 0 Å². The largest absolute Gasteiger partial charge is 0.480 e. The van der Waals surface area contributed by atoms with Gasteiger partial charge < -0.3 is 14.4 Å². The molecule has 9 heteroatoms. The second-order valence-electron chi connectivity index (χ2n) is 6.18. The van der Waals surface area contributed by atoms with Gasteiger partial charge in [0.15, 0.2) is 5.82 Å². The Labute approximate surface area is 170 Å². The Morgan fingerprint density at radius 3 is 2.71 bits per heavy atom. The molecule has 1 aromatic carbocycles. The van der Waals surface area contributed by atoms with Gasteiger partial charge in [-0.1, -0.05) is 17.7 Å². The summed E-state index contributed by atoms with van der Waals surface area (Å²) in [6, 6.07) is 4.45. The molecule has 6 nitrogen and oxygen atoms in total. The van der Waals surface area contributed by atoms with Crippen molar-refractivity contribution in [1.29, 1.82) is 0 Å². The first-order valence-electron chi connectivity index (χ1n) is 8.38. The zero-order valence-corrected chi connectivity index (χ0v) is 17.4. The van der Waals surface area contributed by atoms with E-state index in [1.54, 1.807) is 20.2 Å². The Balaban J connectivity index is 1.98. The summed E-state index contributed by atoms with van der Waals surface area (Å²) in [5.41, 5.74) is 0.996. The quantitative estimate of drug-likeness (QED) is 0.594. The van der Waals surface area contributed by atoms with E-state index in [4.69, 9.17) is 21.1 Å². The predicted molar refractivity (Wildman–Crippen MR) is 107 cm³/mol. The minimum Gasteiger partial charge on any atom is -0.480 e. The van der Waals surface area contributed by atoms with Gasteiger partial charge in [0.25, 0.3) is 5.91 Å². The summed E-state index contributed by atoms with van der Waals surface area (Å²) in [7, 11) is 4.68. The first kappa shape index (κ1) is 20.4. The SMILES string of the molecule is COCc1nc(OC)c2c(C)c(C(=O)N(C)Cc3c(F)cccc3Cl)sc2n1. The van der Waals surface area contributed by atoms with Crippen molar-refractivity contribution in [2.45, 2.75) is 20.1 Å². The molecule has 0 unspecified atom stereocenters. The van der Waals surface area contributed by atoms with Crippen molar-refractivity contribution >= 4 is 39.1 Å². The average Bonchev–Trinajstić information content (AvgIpc) is 3.00. The Morgan fingerprint density at radius 1 is 1.32 bits per heavy atom. The maximum absolute atomic E-state index is 14.1. The predicted octanol–water partition coefficient (Wildman–Crippen LogP) is 4.22. The highest BCUT2D eigenvalue weighted by atomic mass is 35.5. The molecule has 148 valence electrons. The molecule has 2 heterocycles. The Bertz CT molecular complexity index is 1020. The van der Waals surface area contributed by atoms with Crippen LogP contribution in [0.4, 0.5) is 4.39 Å². The number of hydrogen-bond donors (Lipinski definition) is 0. The van der Waals surface area contributed by atoms with E-state index in [-0.39, 0.29) is 29.6 Å². The van der Waals surface area contributed by atoms with E-state index in [9.17, 15) is 9.18 Å². The maximum atomic E-state index is 14.1. The number of carbonyl (C=O) groups excluding carboxylic acids is 1. The number of aromatic nitrogens is 2. The third-order valence-electron chi connectivity index (χ3n) is 4.27. The fourth-order valence-corrected chi connectivity index (χ4v) is 4.26. The number of thiophene rings is 1. The summed E-state index contributed by atoms with van der Waals surface area (Å²) >= 11 is 7.33. The molecule has 0 aliphatic heterocycles. The van der Waals surface area contributed by atoms with Crippen molar-refractivity contribution in [3.63, 3.8) is 0 Å². The summed E-state index contributed by atoms with van der Waals surface area (Å²) in [5.74, 6) is 0.162. The molecule has 3 aromatic rings. The zero-order chi connectivity index (χ0) is 20.4.